The summed E-state index contributed by atoms with van der Waals surface area (Å²) in [5.41, 5.74) is 1.34. The van der Waals surface area contributed by atoms with Crippen LogP contribution in [0.5, 0.6) is 0 Å². The number of carbonyl (C=O) groups excluding carboxylic acids is 1. The van der Waals surface area contributed by atoms with Crippen molar-refractivity contribution >= 4 is 38.7 Å². The van der Waals surface area contributed by atoms with E-state index in [9.17, 15) is 13.2 Å². The number of hydrogen-bond acceptors (Lipinski definition) is 5. The maximum absolute atomic E-state index is 12.3. The Bertz CT molecular complexity index is 923. The number of benzene rings is 1. The van der Waals surface area contributed by atoms with E-state index in [1.807, 2.05) is 11.6 Å². The smallest absolute Gasteiger partial charge is 0.238 e. The van der Waals surface area contributed by atoms with Crippen molar-refractivity contribution in [3.8, 4) is 0 Å². The van der Waals surface area contributed by atoms with E-state index in [-0.39, 0.29) is 22.6 Å². The molecule has 0 unspecified atom stereocenters. The zero-order valence-electron chi connectivity index (χ0n) is 14.9. The number of nitrogens with one attached hydrogen (secondary N) is 1. The van der Waals surface area contributed by atoms with Gasteiger partial charge in [0.15, 0.2) is 5.16 Å². The van der Waals surface area contributed by atoms with Crippen molar-refractivity contribution in [1.29, 1.82) is 0 Å². The Morgan fingerprint density at radius 2 is 2.12 bits per heavy atom. The van der Waals surface area contributed by atoms with Crippen molar-refractivity contribution < 1.29 is 13.2 Å². The van der Waals surface area contributed by atoms with Crippen molar-refractivity contribution in [3.05, 3.63) is 18.2 Å². The van der Waals surface area contributed by atoms with Crippen LogP contribution < -0.4 is 10.5 Å². The second-order valence-electron chi connectivity index (χ2n) is 6.87. The highest BCUT2D eigenvalue weighted by molar-refractivity contribution is 7.99. The Labute approximate surface area is 157 Å². The molecule has 1 aliphatic carbocycles. The predicted molar refractivity (Wildman–Crippen MR) is 102 cm³/mol. The van der Waals surface area contributed by atoms with E-state index in [2.05, 4.69) is 17.2 Å². The van der Waals surface area contributed by atoms with Gasteiger partial charge < -0.3 is 9.88 Å². The zero-order chi connectivity index (χ0) is 18.9. The molecule has 0 radical (unpaired) electrons. The molecule has 1 amide bonds. The first-order valence-electron chi connectivity index (χ1n) is 8.67. The number of fused-ring (bicyclic) bond motifs is 1. The van der Waals surface area contributed by atoms with Crippen LogP contribution in [-0.4, -0.2) is 35.7 Å². The molecule has 7 nitrogen and oxygen atoms in total. The minimum atomic E-state index is -3.77. The molecular weight excluding hydrogens is 372 g/mol. The monoisotopic (exact) mass is 396 g/mol. The lowest BCUT2D eigenvalue weighted by Crippen LogP contribution is -2.41. The molecule has 142 valence electrons. The normalized spacial score (nSPS) is 21.0. The number of imidazole rings is 1. The van der Waals surface area contributed by atoms with Gasteiger partial charge in [-0.2, -0.15) is 0 Å². The van der Waals surface area contributed by atoms with Crippen LogP contribution in [0.2, 0.25) is 0 Å². The third kappa shape index (κ3) is 4.21. The van der Waals surface area contributed by atoms with Crippen LogP contribution >= 0.6 is 11.8 Å². The van der Waals surface area contributed by atoms with E-state index in [0.29, 0.717) is 16.6 Å². The van der Waals surface area contributed by atoms with Crippen LogP contribution in [0.3, 0.4) is 0 Å². The van der Waals surface area contributed by atoms with Gasteiger partial charge in [0.2, 0.25) is 15.9 Å². The maximum atomic E-state index is 12.3. The fourth-order valence-corrected chi connectivity index (χ4v) is 4.70. The van der Waals surface area contributed by atoms with Gasteiger partial charge in [0.25, 0.3) is 0 Å². The van der Waals surface area contributed by atoms with Gasteiger partial charge in [0, 0.05) is 13.1 Å². The lowest BCUT2D eigenvalue weighted by Gasteiger charge is -2.29. The van der Waals surface area contributed by atoms with Gasteiger partial charge >= 0.3 is 0 Å². The number of aromatic nitrogens is 2. The van der Waals surface area contributed by atoms with Gasteiger partial charge in [-0.3, -0.25) is 4.79 Å². The molecule has 0 spiro atoms. The standard InChI is InChI=1S/C17H24N4O3S2/c1-11-5-3-4-6-13(11)19-16(22)10-25-17-20-14-9-12(26(18,23)24)7-8-15(14)21(17)2/h7-9,11,13H,3-6,10H2,1-2H3,(H,19,22)(H2,18,23,24)/t11-,13-/m0/s1. The molecule has 0 aliphatic heterocycles. The molecule has 1 heterocycles. The Hall–Kier alpha value is -1.58. The molecule has 1 fully saturated rings. The number of hydrogen-bond donors (Lipinski definition) is 2. The van der Waals surface area contributed by atoms with Crippen LogP contribution in [0.25, 0.3) is 11.0 Å². The van der Waals surface area contributed by atoms with Crippen LogP contribution in [-0.2, 0) is 21.9 Å². The van der Waals surface area contributed by atoms with Crippen LogP contribution in [0.15, 0.2) is 28.3 Å². The summed E-state index contributed by atoms with van der Waals surface area (Å²) in [7, 11) is -1.92. The molecule has 1 aromatic carbocycles. The molecule has 0 saturated heterocycles. The van der Waals surface area contributed by atoms with Crippen molar-refractivity contribution in [2.45, 2.75) is 48.7 Å². The van der Waals surface area contributed by atoms with E-state index in [4.69, 9.17) is 5.14 Å². The van der Waals surface area contributed by atoms with Crippen molar-refractivity contribution in [2.24, 2.45) is 18.1 Å². The number of aryl methyl sites for hydroxylation is 1. The molecule has 2 atom stereocenters. The van der Waals surface area contributed by atoms with Crippen molar-refractivity contribution in [3.63, 3.8) is 0 Å². The fraction of sp³-hybridized carbons (Fsp3) is 0.529. The van der Waals surface area contributed by atoms with E-state index in [1.54, 1.807) is 6.07 Å². The highest BCUT2D eigenvalue weighted by Gasteiger charge is 2.23. The summed E-state index contributed by atoms with van der Waals surface area (Å²) in [6, 6.07) is 4.86. The topological polar surface area (TPSA) is 107 Å². The zero-order valence-corrected chi connectivity index (χ0v) is 16.6. The minimum absolute atomic E-state index is 0.00558. The number of carbonyl (C=O) groups is 1. The number of rotatable bonds is 5. The summed E-state index contributed by atoms with van der Waals surface area (Å²) in [6.07, 6.45) is 4.61. The molecule has 1 aromatic heterocycles. The average Bonchev–Trinajstić information content (AvgIpc) is 2.90. The molecule has 2 aromatic rings. The average molecular weight is 397 g/mol. The minimum Gasteiger partial charge on any atom is -0.352 e. The second kappa shape index (κ2) is 7.58. The van der Waals surface area contributed by atoms with Crippen LogP contribution in [0.4, 0.5) is 0 Å². The first-order chi connectivity index (χ1) is 12.3. The summed E-state index contributed by atoms with van der Waals surface area (Å²) in [6.45, 7) is 2.19. The quantitative estimate of drug-likeness (QED) is 0.752. The number of primary sulfonamides is 1. The Morgan fingerprint density at radius 1 is 1.38 bits per heavy atom. The summed E-state index contributed by atoms with van der Waals surface area (Å²) in [4.78, 5) is 16.8. The van der Waals surface area contributed by atoms with Gasteiger partial charge in [-0.05, 0) is 37.0 Å². The molecule has 1 aliphatic rings. The Balaban J connectivity index is 1.68. The molecule has 3 N–H and O–H groups in total. The van der Waals surface area contributed by atoms with E-state index in [1.165, 1.54) is 36.7 Å². The summed E-state index contributed by atoms with van der Waals surface area (Å²) in [5, 5.41) is 8.96. The third-order valence-corrected chi connectivity index (χ3v) is 6.87. The number of thioether (sulfide) groups is 1. The van der Waals surface area contributed by atoms with Crippen LogP contribution in [0, 0.1) is 5.92 Å². The van der Waals surface area contributed by atoms with Gasteiger partial charge in [-0.25, -0.2) is 18.5 Å². The highest BCUT2D eigenvalue weighted by Crippen LogP contribution is 2.26. The lowest BCUT2D eigenvalue weighted by atomic mass is 9.86. The summed E-state index contributed by atoms with van der Waals surface area (Å²) >= 11 is 1.34. The number of amides is 1. The highest BCUT2D eigenvalue weighted by atomic mass is 32.2. The fourth-order valence-electron chi connectivity index (χ4n) is 3.37. The van der Waals surface area contributed by atoms with E-state index < -0.39 is 10.0 Å². The molecule has 3 rings (SSSR count). The Kier molecular flexibility index (Phi) is 5.59. The third-order valence-electron chi connectivity index (χ3n) is 4.93. The van der Waals surface area contributed by atoms with Crippen molar-refractivity contribution in [1.82, 2.24) is 14.9 Å². The summed E-state index contributed by atoms with van der Waals surface area (Å²) in [5.74, 6) is 0.804. The van der Waals surface area contributed by atoms with Gasteiger partial charge in [0.05, 0.1) is 21.7 Å². The lowest BCUT2D eigenvalue weighted by molar-refractivity contribution is -0.119. The molecule has 9 heteroatoms. The number of nitrogens with two attached hydrogens (primary N) is 1. The first-order valence-corrected chi connectivity index (χ1v) is 11.2. The largest absolute Gasteiger partial charge is 0.352 e. The SMILES string of the molecule is C[C@H]1CCCC[C@@H]1NC(=O)CSc1nc2cc(S(N)(=O)=O)ccc2n1C. The number of sulfonamides is 1. The first kappa shape index (κ1) is 19.2. The van der Waals surface area contributed by atoms with E-state index in [0.717, 1.165) is 18.4 Å². The van der Waals surface area contributed by atoms with Crippen molar-refractivity contribution in [2.75, 3.05) is 5.75 Å². The molecule has 0 bridgehead atoms. The summed E-state index contributed by atoms with van der Waals surface area (Å²) < 4.78 is 24.8. The predicted octanol–water partition coefficient (Wildman–Crippen LogP) is 2.01. The second-order valence-corrected chi connectivity index (χ2v) is 9.38. The van der Waals surface area contributed by atoms with Gasteiger partial charge in [-0.15, -0.1) is 0 Å². The molecule has 26 heavy (non-hydrogen) atoms. The number of nitrogens with zero attached hydrogens (tertiary/aromatic N) is 2. The molecule has 1 saturated carbocycles. The molecular formula is C17H24N4O3S2. The maximum Gasteiger partial charge on any atom is 0.238 e. The van der Waals surface area contributed by atoms with Gasteiger partial charge in [0.1, 0.15) is 0 Å². The van der Waals surface area contributed by atoms with E-state index >= 15 is 0 Å². The van der Waals surface area contributed by atoms with Gasteiger partial charge in [-0.1, -0.05) is 31.5 Å². The van der Waals surface area contributed by atoms with Crippen LogP contribution in [0.1, 0.15) is 32.6 Å². The Morgan fingerprint density at radius 3 is 2.81 bits per heavy atom.